The molecule has 0 heterocycles. The molecule has 0 bridgehead atoms. The summed E-state index contributed by atoms with van der Waals surface area (Å²) >= 11 is 0. The minimum absolute atomic E-state index is 0.00588. The Morgan fingerprint density at radius 1 is 1.05 bits per heavy atom. The number of carbonyl (C=O) groups excluding carboxylic acids is 1. The van der Waals surface area contributed by atoms with E-state index >= 15 is 0 Å². The van der Waals surface area contributed by atoms with E-state index < -0.39 is 36.7 Å². The maximum absolute atomic E-state index is 14.7. The van der Waals surface area contributed by atoms with Crippen molar-refractivity contribution in [3.05, 3.63) is 0 Å². The fraction of sp³-hybridized carbons (Fsp3) is 0.939. The normalized spacial score (nSPS) is 42.6. The molecule has 242 valence electrons. The Labute approximate surface area is 251 Å². The highest BCUT2D eigenvalue weighted by atomic mass is 19.1. The minimum Gasteiger partial charge on any atom is -0.390 e. The van der Waals surface area contributed by atoms with Crippen LogP contribution in [0.25, 0.3) is 0 Å². The van der Waals surface area contributed by atoms with Gasteiger partial charge in [-0.25, -0.2) is 0 Å². The van der Waals surface area contributed by atoms with Crippen molar-refractivity contribution in [2.45, 2.75) is 131 Å². The topological polar surface area (TPSA) is 132 Å². The average Bonchev–Trinajstić information content (AvgIpc) is 3.31. The molecule has 4 rings (SSSR count). The molecule has 0 aromatic heterocycles. The largest absolute Gasteiger partial charge is 0.390 e. The Bertz CT molecular complexity index is 980. The lowest BCUT2D eigenvalue weighted by molar-refractivity contribution is -0.147. The second-order valence-corrected chi connectivity index (χ2v) is 15.2. The number of hydrogen-bond acceptors (Lipinski definition) is 7. The highest BCUT2D eigenvalue weighted by molar-refractivity contribution is 5.89. The third-order valence-corrected chi connectivity index (χ3v) is 12.7. The zero-order valence-electron chi connectivity index (χ0n) is 26.8. The summed E-state index contributed by atoms with van der Waals surface area (Å²) < 4.78 is 14.7. The van der Waals surface area contributed by atoms with E-state index in [9.17, 15) is 29.6 Å². The Hall–Kier alpha value is -1.29. The van der Waals surface area contributed by atoms with Crippen molar-refractivity contribution in [3.63, 3.8) is 0 Å². The number of alkyl halides is 1. The van der Waals surface area contributed by atoms with Crippen LogP contribution in [0, 0.1) is 58.2 Å². The molecule has 0 aromatic rings. The van der Waals surface area contributed by atoms with Crippen LogP contribution in [0.3, 0.4) is 0 Å². The molecule has 4 fully saturated rings. The fourth-order valence-electron chi connectivity index (χ4n) is 9.85. The molecule has 1 amide bonds. The third kappa shape index (κ3) is 6.01. The summed E-state index contributed by atoms with van der Waals surface area (Å²) in [6.45, 7) is 15.0. The molecule has 42 heavy (non-hydrogen) atoms. The van der Waals surface area contributed by atoms with E-state index in [1.54, 1.807) is 0 Å². The minimum atomic E-state index is -2.21. The van der Waals surface area contributed by atoms with E-state index in [1.165, 1.54) is 0 Å². The summed E-state index contributed by atoms with van der Waals surface area (Å²) in [5, 5.41) is 50.5. The molecular weight excluding hydrogens is 539 g/mol. The number of aliphatic hydroxyl groups excluding tert-OH is 4. The number of carbonyl (C=O) groups is 1. The van der Waals surface area contributed by atoms with Crippen molar-refractivity contribution < 1.29 is 34.4 Å². The highest BCUT2D eigenvalue weighted by Gasteiger charge is 2.63. The van der Waals surface area contributed by atoms with Crippen LogP contribution < -0.4 is 5.32 Å². The van der Waals surface area contributed by atoms with Gasteiger partial charge >= 0.3 is 6.36 Å². The van der Waals surface area contributed by atoms with Gasteiger partial charge in [0.05, 0.1) is 30.1 Å². The van der Waals surface area contributed by atoms with Gasteiger partial charge in [-0.1, -0.05) is 53.6 Å². The molecule has 9 heteroatoms. The van der Waals surface area contributed by atoms with Gasteiger partial charge in [-0.2, -0.15) is 4.39 Å². The number of nitrogens with zero attached hydrogens (tertiary/aromatic N) is 1. The lowest BCUT2D eigenvalue weighted by Gasteiger charge is -2.61. The number of oxime groups is 1. The zero-order chi connectivity index (χ0) is 31.1. The molecule has 0 aromatic carbocycles. The van der Waals surface area contributed by atoms with Gasteiger partial charge in [0.2, 0.25) is 0 Å². The molecule has 0 spiro atoms. The number of nitrogens with one attached hydrogen (secondary N) is 1. The van der Waals surface area contributed by atoms with E-state index in [0.29, 0.717) is 49.8 Å². The Morgan fingerprint density at radius 2 is 1.71 bits per heavy atom. The summed E-state index contributed by atoms with van der Waals surface area (Å²) in [4.78, 5) is 17.3. The monoisotopic (exact) mass is 596 g/mol. The van der Waals surface area contributed by atoms with Gasteiger partial charge in [-0.3, -0.25) is 4.79 Å². The van der Waals surface area contributed by atoms with Crippen molar-refractivity contribution in [1.29, 1.82) is 0 Å². The van der Waals surface area contributed by atoms with E-state index in [4.69, 9.17) is 4.84 Å². The maximum Gasteiger partial charge on any atom is 0.340 e. The summed E-state index contributed by atoms with van der Waals surface area (Å²) in [6, 6.07) is 0. The van der Waals surface area contributed by atoms with Gasteiger partial charge in [-0.15, -0.1) is 0 Å². The van der Waals surface area contributed by atoms with Crippen molar-refractivity contribution in [2.24, 2.45) is 63.3 Å². The second kappa shape index (κ2) is 13.0. The van der Waals surface area contributed by atoms with Crippen LogP contribution in [0.4, 0.5) is 4.39 Å². The SMILES string of the molecule is CCCNC(=O)C(F)ON=C1C[C@H]2[C@@H]3CC[C@H]([C@H](C)C(O)C(O)[C@@H](C)C(C)C)[C@@]3(C)CC[C@@H]2[C@@]2(C)CC(O)C(O)CC12. The lowest BCUT2D eigenvalue weighted by atomic mass is 9.43. The van der Waals surface area contributed by atoms with Crippen LogP contribution in [0.15, 0.2) is 5.16 Å². The first-order valence-electron chi connectivity index (χ1n) is 16.5. The van der Waals surface area contributed by atoms with Crippen LogP contribution in [-0.2, 0) is 9.63 Å². The van der Waals surface area contributed by atoms with Crippen molar-refractivity contribution in [2.75, 3.05) is 6.54 Å². The first-order valence-corrected chi connectivity index (χ1v) is 16.5. The maximum atomic E-state index is 14.7. The number of rotatable bonds is 10. The van der Waals surface area contributed by atoms with Gasteiger partial charge < -0.3 is 30.6 Å². The smallest absolute Gasteiger partial charge is 0.340 e. The number of amides is 1. The van der Waals surface area contributed by atoms with Crippen LogP contribution in [0.1, 0.15) is 99.8 Å². The van der Waals surface area contributed by atoms with E-state index in [2.05, 4.69) is 45.1 Å². The molecular formula is C33H57FN2O6. The Balaban J connectivity index is 1.60. The zero-order valence-corrected chi connectivity index (χ0v) is 26.8. The summed E-state index contributed by atoms with van der Waals surface area (Å²) in [5.41, 5.74) is 0.304. The van der Waals surface area contributed by atoms with Crippen molar-refractivity contribution >= 4 is 11.6 Å². The van der Waals surface area contributed by atoms with Crippen molar-refractivity contribution in [3.8, 4) is 0 Å². The number of hydrogen-bond donors (Lipinski definition) is 5. The third-order valence-electron chi connectivity index (χ3n) is 12.7. The number of aliphatic hydroxyl groups is 4. The molecule has 6 unspecified atom stereocenters. The predicted molar refractivity (Wildman–Crippen MR) is 160 cm³/mol. The van der Waals surface area contributed by atoms with Gasteiger partial charge in [0, 0.05) is 12.5 Å². The molecule has 5 N–H and O–H groups in total. The molecule has 0 saturated heterocycles. The lowest BCUT2D eigenvalue weighted by Crippen LogP contribution is -2.60. The number of fused-ring (bicyclic) bond motifs is 5. The van der Waals surface area contributed by atoms with Gasteiger partial charge in [0.1, 0.15) is 0 Å². The molecule has 4 aliphatic carbocycles. The second-order valence-electron chi connectivity index (χ2n) is 15.2. The first kappa shape index (κ1) is 33.6. The van der Waals surface area contributed by atoms with Gasteiger partial charge in [-0.05, 0) is 104 Å². The molecule has 4 aliphatic rings. The predicted octanol–water partition coefficient (Wildman–Crippen LogP) is 4.43. The molecule has 0 radical (unpaired) electrons. The highest BCUT2D eigenvalue weighted by Crippen LogP contribution is 2.68. The standard InChI is InChI=1S/C33H57FN2O6/c1-8-13-35-31(41)30(34)42-36-25-14-20-22-10-9-21(19(5)29(40)28(39)18(4)17(2)3)32(22,6)12-11-23(20)33(7)16-27(38)26(37)15-24(25)33/h17-24,26-30,37-40H,8-16H2,1-7H3,(H,35,41)/t18-,19-,20-,21+,22-,23-,24?,26?,27?,28?,29?,30?,32+,33+/m0/s1. The van der Waals surface area contributed by atoms with Gasteiger partial charge in [0.25, 0.3) is 5.91 Å². The Kier molecular flexibility index (Phi) is 10.4. The molecule has 8 nitrogen and oxygen atoms in total. The van der Waals surface area contributed by atoms with Crippen LogP contribution >= 0.6 is 0 Å². The van der Waals surface area contributed by atoms with E-state index in [-0.39, 0.29) is 46.3 Å². The van der Waals surface area contributed by atoms with E-state index in [1.807, 2.05) is 13.8 Å². The summed E-state index contributed by atoms with van der Waals surface area (Å²) in [6.07, 6.45) is 0.520. The number of halogens is 1. The van der Waals surface area contributed by atoms with Crippen LogP contribution in [-0.4, -0.2) is 69.4 Å². The first-order chi connectivity index (χ1) is 19.7. The fourth-order valence-corrected chi connectivity index (χ4v) is 9.85. The molecule has 14 atom stereocenters. The Morgan fingerprint density at radius 3 is 2.36 bits per heavy atom. The van der Waals surface area contributed by atoms with Crippen LogP contribution in [0.2, 0.25) is 0 Å². The summed E-state index contributed by atoms with van der Waals surface area (Å²) in [7, 11) is 0. The average molecular weight is 597 g/mol. The van der Waals surface area contributed by atoms with Crippen LogP contribution in [0.5, 0.6) is 0 Å². The van der Waals surface area contributed by atoms with Gasteiger partial charge in [0.15, 0.2) is 0 Å². The van der Waals surface area contributed by atoms with Crippen molar-refractivity contribution in [1.82, 2.24) is 5.32 Å². The molecule has 0 aliphatic heterocycles. The summed E-state index contributed by atoms with van der Waals surface area (Å²) in [5.74, 6) is 0.330. The van der Waals surface area contributed by atoms with E-state index in [0.717, 1.165) is 25.7 Å². The molecule has 4 saturated carbocycles. The quantitative estimate of drug-likeness (QED) is 0.237.